The lowest BCUT2D eigenvalue weighted by molar-refractivity contribution is 0.231. The van der Waals surface area contributed by atoms with Crippen molar-refractivity contribution in [3.05, 3.63) is 23.1 Å². The molecule has 1 fully saturated rings. The molecule has 1 unspecified atom stereocenters. The standard InChI is InChI=1S/C11H9FN2OS/c1-2-8(15)10-11(6-3-7(6)12)16-9-4-13-5-14(9)10/h1,4-8,15H,3H2/t6-,7-,8?/m1/s1. The summed E-state index contributed by atoms with van der Waals surface area (Å²) < 4.78 is 14.8. The second kappa shape index (κ2) is 3.30. The van der Waals surface area contributed by atoms with E-state index in [1.807, 2.05) is 0 Å². The number of aliphatic hydroxyl groups excluding tert-OH is 1. The van der Waals surface area contributed by atoms with Crippen molar-refractivity contribution in [2.24, 2.45) is 0 Å². The molecule has 1 N–H and O–H groups in total. The number of imidazole rings is 1. The van der Waals surface area contributed by atoms with Crippen LogP contribution in [0.15, 0.2) is 12.5 Å². The summed E-state index contributed by atoms with van der Waals surface area (Å²) in [7, 11) is 0. The number of hydrogen-bond donors (Lipinski definition) is 1. The molecule has 82 valence electrons. The summed E-state index contributed by atoms with van der Waals surface area (Å²) in [5, 5.41) is 9.78. The third-order valence-electron chi connectivity index (χ3n) is 2.80. The normalized spacial score (nSPS) is 25.6. The summed E-state index contributed by atoms with van der Waals surface area (Å²) in [6.45, 7) is 0. The van der Waals surface area contributed by atoms with Gasteiger partial charge in [-0.25, -0.2) is 9.37 Å². The van der Waals surface area contributed by atoms with E-state index in [4.69, 9.17) is 6.42 Å². The first-order valence-corrected chi connectivity index (χ1v) is 5.77. The molecule has 0 spiro atoms. The van der Waals surface area contributed by atoms with E-state index in [2.05, 4.69) is 10.9 Å². The van der Waals surface area contributed by atoms with Gasteiger partial charge in [0.1, 0.15) is 17.3 Å². The zero-order chi connectivity index (χ0) is 11.3. The van der Waals surface area contributed by atoms with Crippen LogP contribution in [-0.2, 0) is 0 Å². The van der Waals surface area contributed by atoms with Crippen molar-refractivity contribution in [1.29, 1.82) is 0 Å². The minimum atomic E-state index is -0.995. The third kappa shape index (κ3) is 1.27. The van der Waals surface area contributed by atoms with Gasteiger partial charge in [-0.05, 0) is 6.42 Å². The average molecular weight is 236 g/mol. The quantitative estimate of drug-likeness (QED) is 0.808. The molecule has 0 radical (unpaired) electrons. The number of aromatic nitrogens is 2. The molecular formula is C11H9FN2OS. The van der Waals surface area contributed by atoms with Gasteiger partial charge in [0.2, 0.25) is 0 Å². The Bertz CT molecular complexity index is 582. The molecule has 1 aliphatic carbocycles. The van der Waals surface area contributed by atoms with Crippen molar-refractivity contribution in [1.82, 2.24) is 9.38 Å². The molecule has 3 rings (SSSR count). The second-order valence-corrected chi connectivity index (χ2v) is 4.94. The predicted octanol–water partition coefficient (Wildman–Crippen LogP) is 1.89. The Morgan fingerprint density at radius 2 is 2.50 bits per heavy atom. The number of aliphatic hydroxyl groups is 1. The molecule has 5 heteroatoms. The maximum Gasteiger partial charge on any atom is 0.156 e. The molecule has 0 aromatic carbocycles. The van der Waals surface area contributed by atoms with E-state index < -0.39 is 12.3 Å². The molecule has 16 heavy (non-hydrogen) atoms. The predicted molar refractivity (Wildman–Crippen MR) is 59.1 cm³/mol. The smallest absolute Gasteiger partial charge is 0.156 e. The number of nitrogens with zero attached hydrogens (tertiary/aromatic N) is 2. The van der Waals surface area contributed by atoms with Crippen LogP contribution < -0.4 is 0 Å². The highest BCUT2D eigenvalue weighted by Gasteiger charge is 2.42. The van der Waals surface area contributed by atoms with Crippen molar-refractivity contribution in [3.8, 4) is 12.3 Å². The molecule has 1 saturated carbocycles. The van der Waals surface area contributed by atoms with Gasteiger partial charge in [-0.2, -0.15) is 0 Å². The van der Waals surface area contributed by atoms with Crippen molar-refractivity contribution in [2.75, 3.05) is 0 Å². The Labute approximate surface area is 95.6 Å². The summed E-state index contributed by atoms with van der Waals surface area (Å²) in [6, 6.07) is 0. The Morgan fingerprint density at radius 3 is 3.12 bits per heavy atom. The number of rotatable bonds is 2. The highest BCUT2D eigenvalue weighted by molar-refractivity contribution is 7.17. The van der Waals surface area contributed by atoms with Crippen molar-refractivity contribution < 1.29 is 9.50 Å². The third-order valence-corrected chi connectivity index (χ3v) is 4.04. The molecule has 3 atom stereocenters. The van der Waals surface area contributed by atoms with E-state index in [0.29, 0.717) is 12.1 Å². The molecule has 0 amide bonds. The monoisotopic (exact) mass is 236 g/mol. The summed E-state index contributed by atoms with van der Waals surface area (Å²) in [4.78, 5) is 5.72. The van der Waals surface area contributed by atoms with E-state index in [1.165, 1.54) is 11.3 Å². The van der Waals surface area contributed by atoms with Gasteiger partial charge in [0.05, 0.1) is 11.9 Å². The number of halogens is 1. The number of hydrogen-bond acceptors (Lipinski definition) is 3. The summed E-state index contributed by atoms with van der Waals surface area (Å²) in [5.41, 5.74) is 0.602. The van der Waals surface area contributed by atoms with Gasteiger partial charge in [-0.3, -0.25) is 4.40 Å². The molecule has 3 nitrogen and oxygen atoms in total. The first-order valence-electron chi connectivity index (χ1n) is 4.95. The molecule has 0 saturated heterocycles. The van der Waals surface area contributed by atoms with Crippen LogP contribution in [0.5, 0.6) is 0 Å². The summed E-state index contributed by atoms with van der Waals surface area (Å²) >= 11 is 1.45. The number of terminal acetylenes is 1. The topological polar surface area (TPSA) is 37.5 Å². The van der Waals surface area contributed by atoms with Gasteiger partial charge in [-0.15, -0.1) is 17.8 Å². The molecule has 0 bridgehead atoms. The van der Waals surface area contributed by atoms with E-state index in [0.717, 1.165) is 9.71 Å². The zero-order valence-electron chi connectivity index (χ0n) is 8.30. The van der Waals surface area contributed by atoms with Crippen LogP contribution in [0.2, 0.25) is 0 Å². The van der Waals surface area contributed by atoms with Crippen molar-refractivity contribution in [3.63, 3.8) is 0 Å². The fourth-order valence-electron chi connectivity index (χ4n) is 1.87. The minimum Gasteiger partial charge on any atom is -0.374 e. The first kappa shape index (κ1) is 9.82. The van der Waals surface area contributed by atoms with Gasteiger partial charge in [0.25, 0.3) is 0 Å². The van der Waals surface area contributed by atoms with Gasteiger partial charge >= 0.3 is 0 Å². The van der Waals surface area contributed by atoms with Crippen LogP contribution in [0.25, 0.3) is 4.83 Å². The van der Waals surface area contributed by atoms with Crippen LogP contribution in [0.4, 0.5) is 4.39 Å². The summed E-state index contributed by atoms with van der Waals surface area (Å²) in [6.07, 6.45) is 7.26. The second-order valence-electron chi connectivity index (χ2n) is 3.88. The lowest BCUT2D eigenvalue weighted by Gasteiger charge is -2.05. The number of fused-ring (bicyclic) bond motifs is 1. The highest BCUT2D eigenvalue weighted by Crippen LogP contribution is 2.49. The average Bonchev–Trinajstić information content (AvgIpc) is 2.72. The van der Waals surface area contributed by atoms with E-state index in [1.54, 1.807) is 16.9 Å². The van der Waals surface area contributed by atoms with E-state index in [9.17, 15) is 9.50 Å². The van der Waals surface area contributed by atoms with Crippen LogP contribution in [0, 0.1) is 12.3 Å². The lowest BCUT2D eigenvalue weighted by atomic mass is 10.2. The maximum absolute atomic E-state index is 13.1. The zero-order valence-corrected chi connectivity index (χ0v) is 9.12. The minimum absolute atomic E-state index is 0.0945. The molecule has 2 heterocycles. The fraction of sp³-hybridized carbons (Fsp3) is 0.364. The maximum atomic E-state index is 13.1. The molecule has 2 aromatic rings. The van der Waals surface area contributed by atoms with Crippen molar-refractivity contribution in [2.45, 2.75) is 24.6 Å². The number of thiazole rings is 1. The fourth-order valence-corrected chi connectivity index (χ4v) is 3.16. The van der Waals surface area contributed by atoms with Gasteiger partial charge < -0.3 is 5.11 Å². The van der Waals surface area contributed by atoms with E-state index in [-0.39, 0.29) is 5.92 Å². The van der Waals surface area contributed by atoms with Crippen LogP contribution >= 0.6 is 11.3 Å². The van der Waals surface area contributed by atoms with Crippen molar-refractivity contribution >= 4 is 16.2 Å². The van der Waals surface area contributed by atoms with Crippen LogP contribution in [0.3, 0.4) is 0 Å². The van der Waals surface area contributed by atoms with Crippen LogP contribution in [0.1, 0.15) is 29.0 Å². The molecule has 0 aliphatic heterocycles. The Morgan fingerprint density at radius 1 is 1.75 bits per heavy atom. The Hall–Kier alpha value is -1.38. The highest BCUT2D eigenvalue weighted by atomic mass is 32.1. The first-order chi connectivity index (χ1) is 7.72. The van der Waals surface area contributed by atoms with Gasteiger partial charge in [-0.1, -0.05) is 5.92 Å². The Balaban J connectivity index is 2.19. The summed E-state index contributed by atoms with van der Waals surface area (Å²) in [5.74, 6) is 2.18. The largest absolute Gasteiger partial charge is 0.374 e. The van der Waals surface area contributed by atoms with Gasteiger partial charge in [0.15, 0.2) is 6.10 Å². The van der Waals surface area contributed by atoms with Gasteiger partial charge in [0, 0.05) is 10.8 Å². The SMILES string of the molecule is C#CC(O)c1c([C@@H]2C[C@H]2F)sc2cncn12. The van der Waals surface area contributed by atoms with E-state index >= 15 is 0 Å². The molecule has 2 aromatic heterocycles. The van der Waals surface area contributed by atoms with Crippen LogP contribution in [-0.4, -0.2) is 20.7 Å². The molecule has 1 aliphatic rings. The molecular weight excluding hydrogens is 227 g/mol. The number of alkyl halides is 1. The Kier molecular flexibility index (Phi) is 2.03. The lowest BCUT2D eigenvalue weighted by Crippen LogP contribution is -2.01.